The van der Waals surface area contributed by atoms with Crippen LogP contribution in [-0.2, 0) is 22.5 Å². The van der Waals surface area contributed by atoms with E-state index in [-0.39, 0.29) is 18.5 Å². The molecule has 3 aromatic rings. The lowest BCUT2D eigenvalue weighted by Crippen LogP contribution is -2.22. The quantitative estimate of drug-likeness (QED) is 0.419. The number of hydrogen-bond acceptors (Lipinski definition) is 4. The lowest BCUT2D eigenvalue weighted by Gasteiger charge is -2.10. The Morgan fingerprint density at radius 3 is 2.31 bits per heavy atom. The van der Waals surface area contributed by atoms with Gasteiger partial charge in [0.25, 0.3) is 5.78 Å². The van der Waals surface area contributed by atoms with E-state index in [4.69, 9.17) is 4.74 Å². The van der Waals surface area contributed by atoms with Crippen LogP contribution in [0.2, 0.25) is 0 Å². The van der Waals surface area contributed by atoms with Crippen molar-refractivity contribution in [3.8, 4) is 0 Å². The average molecular weight is 446 g/mol. The van der Waals surface area contributed by atoms with Crippen LogP contribution in [0.5, 0.6) is 0 Å². The summed E-state index contributed by atoms with van der Waals surface area (Å²) in [7, 11) is 0. The molecule has 0 spiro atoms. The summed E-state index contributed by atoms with van der Waals surface area (Å²) >= 11 is 0. The van der Waals surface area contributed by atoms with Crippen molar-refractivity contribution in [2.45, 2.75) is 33.0 Å². The molecule has 168 valence electrons. The number of ether oxygens (including phenoxy) is 1. The molecule has 32 heavy (non-hydrogen) atoms. The number of hydrogen-bond donors (Lipinski definition) is 1. The molecule has 1 N–H and O–H groups in total. The van der Waals surface area contributed by atoms with E-state index in [0.717, 1.165) is 11.8 Å². The first-order valence-electron chi connectivity index (χ1n) is 9.95. The summed E-state index contributed by atoms with van der Waals surface area (Å²) in [5.41, 5.74) is 1.37. The lowest BCUT2D eigenvalue weighted by atomic mass is 10.0. The van der Waals surface area contributed by atoms with E-state index < -0.39 is 29.4 Å². The minimum absolute atomic E-state index is 0.151. The highest BCUT2D eigenvalue weighted by Gasteiger charge is 2.41. The molecule has 3 rings (SSSR count). The van der Waals surface area contributed by atoms with Crippen molar-refractivity contribution in [2.24, 2.45) is 0 Å². The van der Waals surface area contributed by atoms with Crippen LogP contribution in [-0.4, -0.2) is 35.0 Å². The van der Waals surface area contributed by atoms with Crippen LogP contribution in [0, 0.1) is 0 Å². The number of nitrogens with one attached hydrogen (secondary N) is 1. The predicted molar refractivity (Wildman–Crippen MR) is 113 cm³/mol. The molecule has 9 heteroatoms. The molecule has 2 aromatic carbocycles. The van der Waals surface area contributed by atoms with E-state index in [1.54, 1.807) is 19.1 Å². The molecule has 0 aliphatic rings. The monoisotopic (exact) mass is 446 g/mol. The number of aromatic nitrogens is 1. The molecular weight excluding hydrogens is 425 g/mol. The van der Waals surface area contributed by atoms with Gasteiger partial charge in [-0.05, 0) is 43.2 Å². The molecule has 1 heterocycles. The third-order valence-electron chi connectivity index (χ3n) is 4.86. The molecule has 0 fully saturated rings. The average Bonchev–Trinajstić information content (AvgIpc) is 3.11. The topological polar surface area (TPSA) is 77.4 Å². The summed E-state index contributed by atoms with van der Waals surface area (Å²) in [5.74, 6) is -2.94. The smallest absolute Gasteiger partial charge is 0.454 e. The second-order valence-corrected chi connectivity index (χ2v) is 7.01. The highest BCUT2D eigenvalue weighted by Crippen LogP contribution is 2.30. The normalized spacial score (nSPS) is 11.4. The largest absolute Gasteiger partial charge is 0.462 e. The van der Waals surface area contributed by atoms with Crippen molar-refractivity contribution in [3.05, 3.63) is 65.4 Å². The van der Waals surface area contributed by atoms with Crippen LogP contribution in [0.25, 0.3) is 10.9 Å². The van der Waals surface area contributed by atoms with E-state index in [1.807, 2.05) is 6.92 Å². The van der Waals surface area contributed by atoms with Gasteiger partial charge < -0.3 is 14.6 Å². The number of fused-ring (bicyclic) bond motifs is 1. The maximum atomic E-state index is 13.1. The van der Waals surface area contributed by atoms with Gasteiger partial charge in [0.2, 0.25) is 5.91 Å². The van der Waals surface area contributed by atoms with Crippen LogP contribution in [0.1, 0.15) is 40.1 Å². The second kappa shape index (κ2) is 9.25. The number of benzene rings is 2. The Hall–Kier alpha value is -3.62. The summed E-state index contributed by atoms with van der Waals surface area (Å²) in [6.07, 6.45) is -3.44. The molecule has 6 nitrogen and oxygen atoms in total. The van der Waals surface area contributed by atoms with Gasteiger partial charge in [0.1, 0.15) is 6.54 Å². The number of para-hydroxylation sites is 1. The van der Waals surface area contributed by atoms with Crippen LogP contribution in [0.3, 0.4) is 0 Å². The number of carbonyl (C=O) groups excluding carboxylic acids is 3. The fourth-order valence-electron chi connectivity index (χ4n) is 3.44. The van der Waals surface area contributed by atoms with Crippen molar-refractivity contribution in [1.29, 1.82) is 0 Å². The summed E-state index contributed by atoms with van der Waals surface area (Å²) in [6, 6.07) is 10.8. The zero-order chi connectivity index (χ0) is 23.5. The van der Waals surface area contributed by atoms with Gasteiger partial charge in [0, 0.05) is 17.3 Å². The number of amides is 1. The number of anilines is 1. The minimum atomic E-state index is -5.02. The van der Waals surface area contributed by atoms with E-state index in [0.29, 0.717) is 23.2 Å². The van der Waals surface area contributed by atoms with Crippen molar-refractivity contribution in [2.75, 3.05) is 11.9 Å². The van der Waals surface area contributed by atoms with Crippen LogP contribution in [0.4, 0.5) is 18.9 Å². The molecule has 0 saturated heterocycles. The van der Waals surface area contributed by atoms with Crippen molar-refractivity contribution >= 4 is 34.3 Å². The fraction of sp³-hybridized carbons (Fsp3) is 0.261. The maximum absolute atomic E-state index is 13.1. The van der Waals surface area contributed by atoms with Gasteiger partial charge in [0.05, 0.1) is 23.3 Å². The Labute approximate surface area is 182 Å². The zero-order valence-corrected chi connectivity index (χ0v) is 17.5. The Kier molecular flexibility index (Phi) is 6.67. The number of halogens is 3. The minimum Gasteiger partial charge on any atom is -0.462 e. The first-order valence-corrected chi connectivity index (χ1v) is 9.95. The predicted octanol–water partition coefficient (Wildman–Crippen LogP) is 4.76. The van der Waals surface area contributed by atoms with Gasteiger partial charge in [-0.15, -0.1) is 0 Å². The van der Waals surface area contributed by atoms with E-state index in [2.05, 4.69) is 5.32 Å². The number of rotatable bonds is 7. The fourth-order valence-corrected chi connectivity index (χ4v) is 3.44. The number of aryl methyl sites for hydroxylation is 1. The Balaban J connectivity index is 1.87. The number of alkyl halides is 3. The molecule has 0 radical (unpaired) electrons. The third-order valence-corrected chi connectivity index (χ3v) is 4.86. The number of esters is 1. The van der Waals surface area contributed by atoms with Crippen LogP contribution < -0.4 is 5.32 Å². The van der Waals surface area contributed by atoms with Crippen LogP contribution in [0.15, 0.2) is 48.7 Å². The Morgan fingerprint density at radius 1 is 1.03 bits per heavy atom. The second-order valence-electron chi connectivity index (χ2n) is 7.01. The first kappa shape index (κ1) is 23.1. The van der Waals surface area contributed by atoms with Crippen molar-refractivity contribution < 1.29 is 32.3 Å². The van der Waals surface area contributed by atoms with Gasteiger partial charge in [-0.2, -0.15) is 13.2 Å². The third kappa shape index (κ3) is 4.82. The zero-order valence-electron chi connectivity index (χ0n) is 17.5. The summed E-state index contributed by atoms with van der Waals surface area (Å²) < 4.78 is 45.5. The van der Waals surface area contributed by atoms with E-state index in [9.17, 15) is 27.6 Å². The standard InChI is InChI=1S/C23H21F3N2O4/c1-3-14-6-5-7-17-18(21(30)23(24,25)26)12-28(20(14)17)13-19(29)27-16-10-8-15(9-11-16)22(31)32-4-2/h5-12H,3-4,13H2,1-2H3,(H,27,29). The van der Waals surface area contributed by atoms with Crippen molar-refractivity contribution in [3.63, 3.8) is 0 Å². The molecule has 1 aromatic heterocycles. The molecule has 0 aliphatic carbocycles. The van der Waals surface area contributed by atoms with E-state index in [1.165, 1.54) is 34.9 Å². The molecule has 0 saturated carbocycles. The number of Topliss-reactive ketones (excluding diaryl/α,β-unsaturated/α-hetero) is 1. The molecule has 0 unspecified atom stereocenters. The van der Waals surface area contributed by atoms with Gasteiger partial charge in [-0.1, -0.05) is 25.1 Å². The summed E-state index contributed by atoms with van der Waals surface area (Å²) in [4.78, 5) is 36.2. The number of nitrogens with zero attached hydrogens (tertiary/aromatic N) is 1. The Bertz CT molecular complexity index is 1160. The van der Waals surface area contributed by atoms with Crippen LogP contribution >= 0.6 is 0 Å². The molecule has 0 aliphatic heterocycles. The van der Waals surface area contributed by atoms with Gasteiger partial charge in [-0.25, -0.2) is 4.79 Å². The highest BCUT2D eigenvalue weighted by atomic mass is 19.4. The first-order chi connectivity index (χ1) is 15.2. The SMILES string of the molecule is CCOC(=O)c1ccc(NC(=O)Cn2cc(C(=O)C(F)(F)F)c3cccc(CC)c32)cc1. The lowest BCUT2D eigenvalue weighted by molar-refractivity contribution is -0.116. The molecule has 0 atom stereocenters. The summed E-state index contributed by atoms with van der Waals surface area (Å²) in [6.45, 7) is 3.47. The number of carbonyl (C=O) groups is 3. The maximum Gasteiger partial charge on any atom is 0.454 e. The highest BCUT2D eigenvalue weighted by molar-refractivity contribution is 6.11. The van der Waals surface area contributed by atoms with Gasteiger partial charge in [-0.3, -0.25) is 9.59 Å². The molecule has 0 bridgehead atoms. The van der Waals surface area contributed by atoms with E-state index >= 15 is 0 Å². The molecule has 1 amide bonds. The van der Waals surface area contributed by atoms with Gasteiger partial charge >= 0.3 is 12.1 Å². The molecular formula is C23H21F3N2O4. The Morgan fingerprint density at radius 2 is 1.72 bits per heavy atom. The van der Waals surface area contributed by atoms with Crippen molar-refractivity contribution in [1.82, 2.24) is 4.57 Å². The number of ketones is 1. The summed E-state index contributed by atoms with van der Waals surface area (Å²) in [5, 5.41) is 2.79. The van der Waals surface area contributed by atoms with Gasteiger partial charge in [0.15, 0.2) is 0 Å².